The summed E-state index contributed by atoms with van der Waals surface area (Å²) in [5.74, 6) is -0.584. The number of hydrogen-bond donors (Lipinski definition) is 3. The molecule has 0 aliphatic carbocycles. The number of carbonyl (C=O) groups excluding carboxylic acids is 1. The minimum atomic E-state index is -1.04. The van der Waals surface area contributed by atoms with E-state index in [0.717, 1.165) is 0 Å². The zero-order valence-corrected chi connectivity index (χ0v) is 9.83. The number of carboxylic acids is 1. The van der Waals surface area contributed by atoms with Crippen molar-refractivity contribution in [2.75, 3.05) is 6.54 Å². The maximum Gasteiger partial charge on any atom is 0.412 e. The van der Waals surface area contributed by atoms with Gasteiger partial charge in [0.05, 0.1) is 0 Å². The molecule has 1 amide bonds. The van der Waals surface area contributed by atoms with Crippen molar-refractivity contribution in [2.45, 2.75) is 18.9 Å². The normalized spacial score (nSPS) is 11.6. The molecule has 0 aromatic heterocycles. The van der Waals surface area contributed by atoms with Gasteiger partial charge in [0.1, 0.15) is 11.8 Å². The molecular formula is C12H16N2O4. The summed E-state index contributed by atoms with van der Waals surface area (Å²) >= 11 is 0. The average Bonchev–Trinajstić information content (AvgIpc) is 2.35. The molecule has 0 radical (unpaired) electrons. The molecule has 1 aromatic carbocycles. The standard InChI is InChI=1S/C12H16N2O4/c13-10(11(15)16)7-4-8-14-12(17)18-9-5-2-1-3-6-9/h1-3,5-6,10H,4,7-8,13H2,(H,14,17)(H,15,16)/t10-/m0/s1. The van der Waals surface area contributed by atoms with Gasteiger partial charge in [-0.25, -0.2) is 4.79 Å². The third kappa shape index (κ3) is 5.31. The Bertz CT molecular complexity index is 394. The second kappa shape index (κ2) is 7.29. The smallest absolute Gasteiger partial charge is 0.412 e. The number of aliphatic carboxylic acids is 1. The van der Waals surface area contributed by atoms with E-state index >= 15 is 0 Å². The fourth-order valence-electron chi connectivity index (χ4n) is 1.27. The number of amides is 1. The maximum absolute atomic E-state index is 11.3. The number of para-hydroxylation sites is 1. The number of carboxylic acid groups (broad SMARTS) is 1. The molecule has 0 heterocycles. The quantitative estimate of drug-likeness (QED) is 0.655. The van der Waals surface area contributed by atoms with E-state index in [9.17, 15) is 9.59 Å². The summed E-state index contributed by atoms with van der Waals surface area (Å²) in [6.07, 6.45) is 0.225. The third-order valence-corrected chi connectivity index (χ3v) is 2.23. The van der Waals surface area contributed by atoms with Crippen molar-refractivity contribution in [3.8, 4) is 5.75 Å². The first kappa shape index (κ1) is 14.0. The average molecular weight is 252 g/mol. The molecule has 0 fully saturated rings. The lowest BCUT2D eigenvalue weighted by molar-refractivity contribution is -0.138. The monoisotopic (exact) mass is 252 g/mol. The number of hydrogen-bond acceptors (Lipinski definition) is 4. The molecule has 0 aliphatic rings. The van der Waals surface area contributed by atoms with Crippen LogP contribution in [0.3, 0.4) is 0 Å². The van der Waals surface area contributed by atoms with Crippen LogP contribution in [0.15, 0.2) is 30.3 Å². The Morgan fingerprint density at radius 1 is 1.33 bits per heavy atom. The Labute approximate surface area is 105 Å². The Balaban J connectivity index is 2.16. The van der Waals surface area contributed by atoms with Crippen LogP contribution in [-0.2, 0) is 4.79 Å². The molecule has 0 spiro atoms. The molecule has 0 bridgehead atoms. The number of rotatable bonds is 6. The van der Waals surface area contributed by atoms with Crippen LogP contribution >= 0.6 is 0 Å². The molecule has 0 aliphatic heterocycles. The molecule has 1 aromatic rings. The van der Waals surface area contributed by atoms with Crippen LogP contribution in [0, 0.1) is 0 Å². The lowest BCUT2D eigenvalue weighted by Gasteiger charge is -2.08. The van der Waals surface area contributed by atoms with Gasteiger partial charge in [-0.15, -0.1) is 0 Å². The van der Waals surface area contributed by atoms with Gasteiger partial charge in [0.15, 0.2) is 0 Å². The first-order valence-electron chi connectivity index (χ1n) is 5.58. The Morgan fingerprint density at radius 2 is 2.00 bits per heavy atom. The van der Waals surface area contributed by atoms with E-state index in [2.05, 4.69) is 5.32 Å². The molecule has 18 heavy (non-hydrogen) atoms. The first-order valence-corrected chi connectivity index (χ1v) is 5.58. The van der Waals surface area contributed by atoms with Crippen LogP contribution in [0.1, 0.15) is 12.8 Å². The summed E-state index contributed by atoms with van der Waals surface area (Å²) in [6, 6.07) is 7.78. The van der Waals surface area contributed by atoms with E-state index in [4.69, 9.17) is 15.6 Å². The zero-order chi connectivity index (χ0) is 13.4. The molecule has 1 atom stereocenters. The lowest BCUT2D eigenvalue weighted by atomic mass is 10.2. The van der Waals surface area contributed by atoms with Gasteiger partial charge in [-0.05, 0) is 25.0 Å². The number of benzene rings is 1. The second-order valence-corrected chi connectivity index (χ2v) is 3.72. The molecule has 4 N–H and O–H groups in total. The number of nitrogens with two attached hydrogens (primary N) is 1. The van der Waals surface area contributed by atoms with Gasteiger partial charge >= 0.3 is 12.1 Å². The van der Waals surface area contributed by atoms with Gasteiger partial charge in [-0.1, -0.05) is 18.2 Å². The van der Waals surface area contributed by atoms with Gasteiger partial charge in [-0.2, -0.15) is 0 Å². The lowest BCUT2D eigenvalue weighted by Crippen LogP contribution is -2.32. The van der Waals surface area contributed by atoms with Gasteiger partial charge in [0, 0.05) is 6.54 Å². The largest absolute Gasteiger partial charge is 0.480 e. The molecule has 1 rings (SSSR count). The van der Waals surface area contributed by atoms with Crippen LogP contribution in [0.5, 0.6) is 5.75 Å². The van der Waals surface area contributed by atoms with Crippen LogP contribution in [0.2, 0.25) is 0 Å². The Hall–Kier alpha value is -2.08. The fraction of sp³-hybridized carbons (Fsp3) is 0.333. The minimum absolute atomic E-state index is 0.306. The van der Waals surface area contributed by atoms with Crippen molar-refractivity contribution in [1.29, 1.82) is 0 Å². The van der Waals surface area contributed by atoms with Crippen LogP contribution in [-0.4, -0.2) is 29.8 Å². The van der Waals surface area contributed by atoms with E-state index in [1.807, 2.05) is 6.07 Å². The van der Waals surface area contributed by atoms with E-state index in [0.29, 0.717) is 25.1 Å². The van der Waals surface area contributed by atoms with Gasteiger partial charge in [0.2, 0.25) is 0 Å². The van der Waals surface area contributed by atoms with Crippen molar-refractivity contribution >= 4 is 12.1 Å². The first-order chi connectivity index (χ1) is 8.59. The molecule has 6 nitrogen and oxygen atoms in total. The van der Waals surface area contributed by atoms with Crippen LogP contribution in [0.4, 0.5) is 4.79 Å². The summed E-state index contributed by atoms with van der Waals surface area (Å²) in [6.45, 7) is 0.326. The Kier molecular flexibility index (Phi) is 5.66. The zero-order valence-electron chi connectivity index (χ0n) is 9.83. The highest BCUT2D eigenvalue weighted by Gasteiger charge is 2.10. The van der Waals surface area contributed by atoms with Crippen molar-refractivity contribution in [1.82, 2.24) is 5.32 Å². The SMILES string of the molecule is N[C@@H](CCCNC(=O)Oc1ccccc1)C(=O)O. The summed E-state index contributed by atoms with van der Waals surface area (Å²) in [5, 5.41) is 11.1. The number of carbonyl (C=O) groups is 2. The van der Waals surface area contributed by atoms with Gasteiger partial charge in [-0.3, -0.25) is 4.79 Å². The Morgan fingerprint density at radius 3 is 2.61 bits per heavy atom. The topological polar surface area (TPSA) is 102 Å². The second-order valence-electron chi connectivity index (χ2n) is 3.72. The molecule has 0 saturated carbocycles. The van der Waals surface area contributed by atoms with Crippen molar-refractivity contribution < 1.29 is 19.4 Å². The molecule has 98 valence electrons. The summed E-state index contributed by atoms with van der Waals surface area (Å²) in [5.41, 5.74) is 5.31. The van der Waals surface area contributed by atoms with E-state index in [1.165, 1.54) is 0 Å². The predicted molar refractivity (Wildman–Crippen MR) is 65.3 cm³/mol. The van der Waals surface area contributed by atoms with Gasteiger partial charge < -0.3 is 20.9 Å². The minimum Gasteiger partial charge on any atom is -0.480 e. The molecule has 0 saturated heterocycles. The van der Waals surface area contributed by atoms with E-state index < -0.39 is 18.1 Å². The number of nitrogens with one attached hydrogen (secondary N) is 1. The van der Waals surface area contributed by atoms with E-state index in [1.54, 1.807) is 24.3 Å². The summed E-state index contributed by atoms with van der Waals surface area (Å²) in [7, 11) is 0. The van der Waals surface area contributed by atoms with Crippen molar-refractivity contribution in [2.24, 2.45) is 5.73 Å². The highest BCUT2D eigenvalue weighted by Crippen LogP contribution is 2.08. The predicted octanol–water partition coefficient (Wildman–Crippen LogP) is 0.967. The third-order valence-electron chi connectivity index (χ3n) is 2.23. The molecule has 0 unspecified atom stereocenters. The van der Waals surface area contributed by atoms with Crippen molar-refractivity contribution in [3.05, 3.63) is 30.3 Å². The summed E-state index contributed by atoms with van der Waals surface area (Å²) in [4.78, 5) is 21.7. The van der Waals surface area contributed by atoms with Crippen molar-refractivity contribution in [3.63, 3.8) is 0 Å². The fourth-order valence-corrected chi connectivity index (χ4v) is 1.27. The van der Waals surface area contributed by atoms with Crippen LogP contribution in [0.25, 0.3) is 0 Å². The molecular weight excluding hydrogens is 236 g/mol. The van der Waals surface area contributed by atoms with Gasteiger partial charge in [0.25, 0.3) is 0 Å². The highest BCUT2D eigenvalue weighted by atomic mass is 16.6. The maximum atomic E-state index is 11.3. The highest BCUT2D eigenvalue weighted by molar-refractivity contribution is 5.73. The van der Waals surface area contributed by atoms with Crippen LogP contribution < -0.4 is 15.8 Å². The number of ether oxygens (including phenoxy) is 1. The van der Waals surface area contributed by atoms with E-state index in [-0.39, 0.29) is 0 Å². The molecule has 6 heteroatoms. The summed E-state index contributed by atoms with van der Waals surface area (Å²) < 4.78 is 4.97.